The lowest BCUT2D eigenvalue weighted by Crippen LogP contribution is -2.27. The van der Waals surface area contributed by atoms with Crippen LogP contribution in [0, 0.1) is 6.92 Å². The molecule has 1 saturated heterocycles. The molecule has 0 atom stereocenters. The number of hydrogen-bond donors (Lipinski definition) is 0. The third-order valence-electron chi connectivity index (χ3n) is 5.01. The third kappa shape index (κ3) is 5.73. The maximum atomic E-state index is 13.1. The molecule has 3 aromatic rings. The molecule has 0 bridgehead atoms. The molecule has 1 fully saturated rings. The predicted molar refractivity (Wildman–Crippen MR) is 142 cm³/mol. The molecule has 1 amide bonds. The van der Waals surface area contributed by atoms with Gasteiger partial charge in [0.15, 0.2) is 4.32 Å². The number of aryl methyl sites for hydroxylation is 1. The number of ether oxygens (including phenoxy) is 3. The van der Waals surface area contributed by atoms with Gasteiger partial charge in [-0.25, -0.2) is 0 Å². The van der Waals surface area contributed by atoms with Gasteiger partial charge < -0.3 is 14.2 Å². The summed E-state index contributed by atoms with van der Waals surface area (Å²) < 4.78 is 17.3. The minimum absolute atomic E-state index is 0.200. The summed E-state index contributed by atoms with van der Waals surface area (Å²) in [6.45, 7) is 2.74. The third-order valence-corrected chi connectivity index (χ3v) is 6.55. The van der Waals surface area contributed by atoms with Crippen molar-refractivity contribution in [2.45, 2.75) is 6.92 Å². The highest BCUT2D eigenvalue weighted by Gasteiger charge is 2.33. The first-order valence-corrected chi connectivity index (χ1v) is 12.1. The first-order chi connectivity index (χ1) is 16.4. The van der Waals surface area contributed by atoms with Crippen LogP contribution in [0.5, 0.6) is 17.2 Å². The lowest BCUT2D eigenvalue weighted by molar-refractivity contribution is -0.113. The molecule has 3 aromatic carbocycles. The highest BCUT2D eigenvalue weighted by atomic mass is 35.5. The van der Waals surface area contributed by atoms with Crippen LogP contribution in [0.25, 0.3) is 6.08 Å². The molecule has 0 N–H and O–H groups in total. The normalized spacial score (nSPS) is 14.6. The Morgan fingerprint density at radius 3 is 2.35 bits per heavy atom. The van der Waals surface area contributed by atoms with Crippen molar-refractivity contribution >= 4 is 57.6 Å². The predicted octanol–water partition coefficient (Wildman–Crippen LogP) is 6.52. The SMILES string of the molecule is COc1ccc(N2C(=O)/C(=C\c3cc(Cl)ccc3OCCOc3ccc(C)cc3)SC2=S)cc1. The zero-order valence-corrected chi connectivity index (χ0v) is 21.0. The molecule has 0 saturated carbocycles. The van der Waals surface area contributed by atoms with E-state index in [4.69, 9.17) is 38.0 Å². The number of carbonyl (C=O) groups is 1. The van der Waals surface area contributed by atoms with Gasteiger partial charge in [-0.15, -0.1) is 0 Å². The van der Waals surface area contributed by atoms with Crippen LogP contribution in [0.3, 0.4) is 0 Å². The minimum Gasteiger partial charge on any atom is -0.497 e. The molecular formula is C26H22ClNO4S2. The largest absolute Gasteiger partial charge is 0.497 e. The lowest BCUT2D eigenvalue weighted by Gasteiger charge is -2.15. The monoisotopic (exact) mass is 511 g/mol. The van der Waals surface area contributed by atoms with Gasteiger partial charge in [0.1, 0.15) is 30.5 Å². The van der Waals surface area contributed by atoms with Gasteiger partial charge in [0, 0.05) is 10.6 Å². The van der Waals surface area contributed by atoms with Gasteiger partial charge in [0.25, 0.3) is 5.91 Å². The van der Waals surface area contributed by atoms with Crippen molar-refractivity contribution in [2.75, 3.05) is 25.2 Å². The standard InChI is InChI=1S/C26H22ClNO4S2/c1-17-3-8-22(9-4-17)31-13-14-32-23-12-5-19(27)15-18(23)16-24-25(29)28(26(33)34-24)20-6-10-21(30-2)11-7-20/h3-12,15-16H,13-14H2,1-2H3/b24-16+. The molecule has 4 rings (SSSR count). The zero-order chi connectivity index (χ0) is 24.1. The van der Waals surface area contributed by atoms with E-state index in [0.29, 0.717) is 50.2 Å². The summed E-state index contributed by atoms with van der Waals surface area (Å²) in [5, 5.41) is 0.542. The summed E-state index contributed by atoms with van der Waals surface area (Å²) in [5.41, 5.74) is 2.55. The van der Waals surface area contributed by atoms with Crippen molar-refractivity contribution in [1.82, 2.24) is 0 Å². The first-order valence-electron chi connectivity index (χ1n) is 10.5. The molecular weight excluding hydrogens is 490 g/mol. The van der Waals surface area contributed by atoms with Crippen molar-refractivity contribution in [3.05, 3.63) is 87.8 Å². The fourth-order valence-corrected chi connectivity index (χ4v) is 4.74. The smallest absolute Gasteiger partial charge is 0.270 e. The Morgan fingerprint density at radius 2 is 1.65 bits per heavy atom. The van der Waals surface area contributed by atoms with E-state index in [0.717, 1.165) is 5.75 Å². The quantitative estimate of drug-likeness (QED) is 0.195. The molecule has 1 heterocycles. The van der Waals surface area contributed by atoms with E-state index in [1.165, 1.54) is 22.2 Å². The van der Waals surface area contributed by atoms with E-state index >= 15 is 0 Å². The van der Waals surface area contributed by atoms with E-state index in [-0.39, 0.29) is 5.91 Å². The Hall–Kier alpha value is -3.00. The Labute approximate surface area is 213 Å². The van der Waals surface area contributed by atoms with Crippen LogP contribution in [0.2, 0.25) is 5.02 Å². The fourth-order valence-electron chi connectivity index (χ4n) is 3.27. The maximum Gasteiger partial charge on any atom is 0.270 e. The molecule has 34 heavy (non-hydrogen) atoms. The Bertz CT molecular complexity index is 1230. The molecule has 0 radical (unpaired) electrons. The second-order valence-electron chi connectivity index (χ2n) is 7.41. The van der Waals surface area contributed by atoms with Crippen LogP contribution in [0.15, 0.2) is 71.6 Å². The van der Waals surface area contributed by atoms with E-state index in [1.807, 2.05) is 31.2 Å². The van der Waals surface area contributed by atoms with Crippen LogP contribution in [0.4, 0.5) is 5.69 Å². The number of halogens is 1. The molecule has 0 aliphatic carbocycles. The van der Waals surface area contributed by atoms with Gasteiger partial charge >= 0.3 is 0 Å². The molecule has 8 heteroatoms. The molecule has 1 aliphatic rings. The number of benzene rings is 3. The summed E-state index contributed by atoms with van der Waals surface area (Å²) in [5.74, 6) is 1.89. The molecule has 0 unspecified atom stereocenters. The Balaban J connectivity index is 1.47. The summed E-state index contributed by atoms with van der Waals surface area (Å²) in [6, 6.07) is 20.3. The van der Waals surface area contributed by atoms with Crippen LogP contribution < -0.4 is 19.1 Å². The van der Waals surface area contributed by atoms with Crippen molar-refractivity contribution < 1.29 is 19.0 Å². The van der Waals surface area contributed by atoms with E-state index < -0.39 is 0 Å². The average molecular weight is 512 g/mol. The molecule has 174 valence electrons. The Morgan fingerprint density at radius 1 is 0.971 bits per heavy atom. The summed E-state index contributed by atoms with van der Waals surface area (Å²) >= 11 is 12.9. The Kier molecular flexibility index (Phi) is 7.77. The molecule has 0 spiro atoms. The fraction of sp³-hybridized carbons (Fsp3) is 0.154. The number of nitrogens with zero attached hydrogens (tertiary/aromatic N) is 1. The number of thiocarbonyl (C=S) groups is 1. The van der Waals surface area contributed by atoms with Gasteiger partial charge in [0.05, 0.1) is 17.7 Å². The second kappa shape index (κ2) is 11.0. The van der Waals surface area contributed by atoms with Crippen LogP contribution in [-0.2, 0) is 4.79 Å². The van der Waals surface area contributed by atoms with Gasteiger partial charge in [-0.05, 0) is 67.6 Å². The number of hydrogen-bond acceptors (Lipinski definition) is 6. The number of rotatable bonds is 8. The molecule has 5 nitrogen and oxygen atoms in total. The highest BCUT2D eigenvalue weighted by Crippen LogP contribution is 2.38. The first kappa shape index (κ1) is 24.1. The number of thioether (sulfide) groups is 1. The summed E-state index contributed by atoms with van der Waals surface area (Å²) in [4.78, 5) is 15.1. The van der Waals surface area contributed by atoms with Crippen LogP contribution in [0.1, 0.15) is 11.1 Å². The lowest BCUT2D eigenvalue weighted by atomic mass is 10.1. The molecule has 1 aliphatic heterocycles. The number of amides is 1. The van der Waals surface area contributed by atoms with Crippen molar-refractivity contribution in [3.8, 4) is 17.2 Å². The van der Waals surface area contributed by atoms with Gasteiger partial charge in [-0.2, -0.15) is 0 Å². The minimum atomic E-state index is -0.200. The van der Waals surface area contributed by atoms with E-state index in [2.05, 4.69) is 0 Å². The van der Waals surface area contributed by atoms with Crippen LogP contribution >= 0.6 is 35.6 Å². The molecule has 0 aromatic heterocycles. The van der Waals surface area contributed by atoms with Crippen LogP contribution in [-0.4, -0.2) is 30.6 Å². The average Bonchev–Trinajstić information content (AvgIpc) is 3.11. The maximum absolute atomic E-state index is 13.1. The number of anilines is 1. The summed E-state index contributed by atoms with van der Waals surface area (Å²) in [6.07, 6.45) is 1.75. The second-order valence-corrected chi connectivity index (χ2v) is 9.52. The number of methoxy groups -OCH3 is 1. The van der Waals surface area contributed by atoms with Crippen molar-refractivity contribution in [1.29, 1.82) is 0 Å². The van der Waals surface area contributed by atoms with Gasteiger partial charge in [-0.1, -0.05) is 53.3 Å². The van der Waals surface area contributed by atoms with Crippen molar-refractivity contribution in [3.63, 3.8) is 0 Å². The van der Waals surface area contributed by atoms with Gasteiger partial charge in [0.2, 0.25) is 0 Å². The van der Waals surface area contributed by atoms with E-state index in [9.17, 15) is 4.79 Å². The number of carbonyl (C=O) groups excluding carboxylic acids is 1. The van der Waals surface area contributed by atoms with Crippen molar-refractivity contribution in [2.24, 2.45) is 0 Å². The van der Waals surface area contributed by atoms with Gasteiger partial charge in [-0.3, -0.25) is 9.69 Å². The highest BCUT2D eigenvalue weighted by molar-refractivity contribution is 8.27. The summed E-state index contributed by atoms with van der Waals surface area (Å²) in [7, 11) is 1.59. The van der Waals surface area contributed by atoms with E-state index in [1.54, 1.807) is 55.7 Å². The zero-order valence-electron chi connectivity index (χ0n) is 18.6. The topological polar surface area (TPSA) is 48.0 Å².